The second-order valence-corrected chi connectivity index (χ2v) is 4.06. The van der Waals surface area contributed by atoms with Crippen molar-refractivity contribution in [3.8, 4) is 0 Å². The maximum atomic E-state index is 10.8. The molecule has 0 aromatic heterocycles. The van der Waals surface area contributed by atoms with Gasteiger partial charge < -0.3 is 14.6 Å². The van der Waals surface area contributed by atoms with E-state index in [0.29, 0.717) is 6.42 Å². The van der Waals surface area contributed by atoms with E-state index in [9.17, 15) is 9.59 Å². The number of hydrogen-bond donors (Lipinski definition) is 1. The van der Waals surface area contributed by atoms with Crippen LogP contribution in [0.4, 0.5) is 0 Å². The fourth-order valence-corrected chi connectivity index (χ4v) is 0.890. The van der Waals surface area contributed by atoms with Crippen LogP contribution in [0, 0.1) is 0 Å². The highest BCUT2D eigenvalue weighted by atomic mass is 35.5. The van der Waals surface area contributed by atoms with Gasteiger partial charge in [-0.1, -0.05) is 24.9 Å². The normalized spacial score (nSPS) is 13.1. The zero-order chi connectivity index (χ0) is 13.1. The molecule has 0 fully saturated rings. The lowest BCUT2D eigenvalue weighted by atomic mass is 10.3. The standard InChI is InChI=1S/C8H15ClO3.C3H6O/c1-3-4-5-7(9)12-8(11)6(2)10;1-3(2)4/h6-7,10H,3-5H2,1-2H3;1-2H3. The Morgan fingerprint density at radius 1 is 1.38 bits per heavy atom. The summed E-state index contributed by atoms with van der Waals surface area (Å²) in [6.45, 7) is 6.44. The number of unbranched alkanes of at least 4 members (excludes halogenated alkanes) is 1. The number of aliphatic hydroxyl groups is 1. The number of alkyl halides is 1. The van der Waals surface area contributed by atoms with Gasteiger partial charge in [0.1, 0.15) is 11.9 Å². The Morgan fingerprint density at radius 2 is 1.81 bits per heavy atom. The maximum Gasteiger partial charge on any atom is 0.336 e. The lowest BCUT2D eigenvalue weighted by Crippen LogP contribution is -2.23. The van der Waals surface area contributed by atoms with E-state index in [4.69, 9.17) is 21.4 Å². The van der Waals surface area contributed by atoms with Crippen molar-refractivity contribution < 1.29 is 19.4 Å². The quantitative estimate of drug-likeness (QED) is 0.602. The Bertz CT molecular complexity index is 200. The van der Waals surface area contributed by atoms with Crippen molar-refractivity contribution in [2.24, 2.45) is 0 Å². The predicted molar refractivity (Wildman–Crippen MR) is 63.3 cm³/mol. The molecule has 0 aliphatic carbocycles. The molecule has 0 saturated heterocycles. The summed E-state index contributed by atoms with van der Waals surface area (Å²) in [6, 6.07) is 0. The first-order chi connectivity index (χ1) is 7.31. The van der Waals surface area contributed by atoms with Crippen molar-refractivity contribution in [1.29, 1.82) is 0 Å². The fraction of sp³-hybridized carbons (Fsp3) is 0.818. The minimum atomic E-state index is -1.09. The van der Waals surface area contributed by atoms with E-state index >= 15 is 0 Å². The molecular weight excluding hydrogens is 232 g/mol. The van der Waals surface area contributed by atoms with E-state index in [1.165, 1.54) is 20.8 Å². The summed E-state index contributed by atoms with van der Waals surface area (Å²) in [5, 5.41) is 8.76. The molecular formula is C11H21ClO4. The van der Waals surface area contributed by atoms with Crippen molar-refractivity contribution in [2.45, 2.75) is 58.6 Å². The van der Waals surface area contributed by atoms with Crippen molar-refractivity contribution in [1.82, 2.24) is 0 Å². The minimum Gasteiger partial charge on any atom is -0.444 e. The third-order valence-corrected chi connectivity index (χ3v) is 1.68. The maximum absolute atomic E-state index is 10.8. The Morgan fingerprint density at radius 3 is 2.12 bits per heavy atom. The number of halogens is 1. The lowest BCUT2D eigenvalue weighted by molar-refractivity contribution is -0.154. The van der Waals surface area contributed by atoms with E-state index in [0.717, 1.165) is 12.8 Å². The number of ether oxygens (including phenoxy) is 1. The Balaban J connectivity index is 0. The average molecular weight is 253 g/mol. The van der Waals surface area contributed by atoms with Crippen LogP contribution in [0.2, 0.25) is 0 Å². The van der Waals surface area contributed by atoms with E-state index < -0.39 is 17.6 Å². The van der Waals surface area contributed by atoms with Crippen LogP contribution < -0.4 is 0 Å². The van der Waals surface area contributed by atoms with Gasteiger partial charge in [0.05, 0.1) is 0 Å². The molecule has 0 spiro atoms. The zero-order valence-electron chi connectivity index (χ0n) is 10.3. The van der Waals surface area contributed by atoms with E-state index in [-0.39, 0.29) is 5.78 Å². The van der Waals surface area contributed by atoms with Crippen LogP contribution in [-0.4, -0.2) is 28.5 Å². The van der Waals surface area contributed by atoms with Crippen molar-refractivity contribution >= 4 is 23.4 Å². The lowest BCUT2D eigenvalue weighted by Gasteiger charge is -2.11. The van der Waals surface area contributed by atoms with Gasteiger partial charge in [-0.15, -0.1) is 0 Å². The third-order valence-electron chi connectivity index (χ3n) is 1.37. The first-order valence-electron chi connectivity index (χ1n) is 5.31. The predicted octanol–water partition coefficient (Wildman–Crippen LogP) is 2.26. The van der Waals surface area contributed by atoms with Crippen LogP contribution in [0.5, 0.6) is 0 Å². The molecule has 0 aliphatic rings. The monoisotopic (exact) mass is 252 g/mol. The van der Waals surface area contributed by atoms with Gasteiger partial charge in [-0.25, -0.2) is 4.79 Å². The summed E-state index contributed by atoms with van der Waals surface area (Å²) in [7, 11) is 0. The van der Waals surface area contributed by atoms with Crippen molar-refractivity contribution in [3.63, 3.8) is 0 Å². The SMILES string of the molecule is CC(C)=O.CCCCC(Cl)OC(=O)C(C)O. The summed E-state index contributed by atoms with van der Waals surface area (Å²) in [6.07, 6.45) is 1.47. The number of esters is 1. The largest absolute Gasteiger partial charge is 0.444 e. The first kappa shape index (κ1) is 17.8. The van der Waals surface area contributed by atoms with Gasteiger partial charge in [-0.2, -0.15) is 0 Å². The summed E-state index contributed by atoms with van der Waals surface area (Å²) >= 11 is 5.64. The molecule has 0 rings (SSSR count). The van der Waals surface area contributed by atoms with E-state index in [2.05, 4.69) is 0 Å². The molecule has 0 bridgehead atoms. The third kappa shape index (κ3) is 15.8. The smallest absolute Gasteiger partial charge is 0.336 e. The topological polar surface area (TPSA) is 63.6 Å². The van der Waals surface area contributed by atoms with Crippen LogP contribution >= 0.6 is 11.6 Å². The van der Waals surface area contributed by atoms with Gasteiger partial charge >= 0.3 is 5.97 Å². The van der Waals surface area contributed by atoms with Gasteiger partial charge in [0.15, 0.2) is 5.56 Å². The molecule has 5 heteroatoms. The number of carbonyl (C=O) groups is 2. The minimum absolute atomic E-state index is 0.167. The molecule has 0 radical (unpaired) electrons. The fourth-order valence-electron chi connectivity index (χ4n) is 0.648. The van der Waals surface area contributed by atoms with Gasteiger partial charge in [0.2, 0.25) is 0 Å². The molecule has 0 heterocycles. The van der Waals surface area contributed by atoms with Crippen LogP contribution in [0.25, 0.3) is 0 Å². The first-order valence-corrected chi connectivity index (χ1v) is 5.74. The molecule has 16 heavy (non-hydrogen) atoms. The van der Waals surface area contributed by atoms with Gasteiger partial charge in [0, 0.05) is 0 Å². The molecule has 96 valence electrons. The van der Waals surface area contributed by atoms with E-state index in [1.807, 2.05) is 6.92 Å². The second-order valence-electron chi connectivity index (χ2n) is 3.57. The molecule has 1 N–H and O–H groups in total. The molecule has 2 unspecified atom stereocenters. The van der Waals surface area contributed by atoms with E-state index in [1.54, 1.807) is 0 Å². The van der Waals surface area contributed by atoms with Crippen LogP contribution in [-0.2, 0) is 14.3 Å². The van der Waals surface area contributed by atoms with Crippen LogP contribution in [0.15, 0.2) is 0 Å². The Kier molecular flexibility index (Phi) is 12.1. The van der Waals surface area contributed by atoms with Crippen LogP contribution in [0.3, 0.4) is 0 Å². The molecule has 0 aliphatic heterocycles. The molecule has 2 atom stereocenters. The summed E-state index contributed by atoms with van der Waals surface area (Å²) in [4.78, 5) is 20.2. The highest BCUT2D eigenvalue weighted by Gasteiger charge is 2.14. The Labute approximate surface area is 102 Å². The molecule has 0 aromatic carbocycles. The van der Waals surface area contributed by atoms with Gasteiger partial charge in [-0.3, -0.25) is 0 Å². The summed E-state index contributed by atoms with van der Waals surface area (Å²) < 4.78 is 4.69. The number of Topliss-reactive ketones (excluding diaryl/α,β-unsaturated/α-hetero) is 1. The van der Waals surface area contributed by atoms with Crippen molar-refractivity contribution in [2.75, 3.05) is 0 Å². The zero-order valence-corrected chi connectivity index (χ0v) is 11.1. The highest BCUT2D eigenvalue weighted by molar-refractivity contribution is 6.20. The Hall–Kier alpha value is -0.610. The second kappa shape index (κ2) is 10.9. The number of rotatable bonds is 5. The highest BCUT2D eigenvalue weighted by Crippen LogP contribution is 2.09. The average Bonchev–Trinajstić information content (AvgIpc) is 2.13. The summed E-state index contributed by atoms with van der Waals surface area (Å²) in [5.41, 5.74) is -0.605. The van der Waals surface area contributed by atoms with Crippen molar-refractivity contribution in [3.05, 3.63) is 0 Å². The summed E-state index contributed by atoms with van der Waals surface area (Å²) in [5.74, 6) is -0.494. The number of ketones is 1. The van der Waals surface area contributed by atoms with Gasteiger partial charge in [-0.05, 0) is 33.6 Å². The molecule has 0 aromatic rings. The number of hydrogen-bond acceptors (Lipinski definition) is 4. The molecule has 4 nitrogen and oxygen atoms in total. The van der Waals surface area contributed by atoms with Gasteiger partial charge in [0.25, 0.3) is 0 Å². The molecule has 0 amide bonds. The number of aliphatic hydroxyl groups excluding tert-OH is 1. The molecule has 0 saturated carbocycles. The van der Waals surface area contributed by atoms with Crippen LogP contribution in [0.1, 0.15) is 47.0 Å². The number of carbonyl (C=O) groups excluding carboxylic acids is 2.